The lowest BCUT2D eigenvalue weighted by molar-refractivity contribution is 0.631. The van der Waals surface area contributed by atoms with Gasteiger partial charge in [0.25, 0.3) is 0 Å². The molecular formula is C13H20N6S. The van der Waals surface area contributed by atoms with Crippen molar-refractivity contribution in [3.05, 3.63) is 18.7 Å². The second-order valence-corrected chi connectivity index (χ2v) is 5.83. The van der Waals surface area contributed by atoms with Gasteiger partial charge in [0.1, 0.15) is 6.33 Å². The Kier molecular flexibility index (Phi) is 5.34. The van der Waals surface area contributed by atoms with Crippen LogP contribution in [0, 0.1) is 5.92 Å². The third-order valence-corrected chi connectivity index (χ3v) is 3.48. The first kappa shape index (κ1) is 14.8. The Hall–Kier alpha value is -1.63. The largest absolute Gasteiger partial charge is 0.354 e. The first-order valence-corrected chi connectivity index (χ1v) is 7.78. The fourth-order valence-electron chi connectivity index (χ4n) is 1.53. The summed E-state index contributed by atoms with van der Waals surface area (Å²) in [6.07, 6.45) is 6.37. The number of hydrogen-bond acceptors (Lipinski definition) is 6. The Morgan fingerprint density at radius 3 is 2.80 bits per heavy atom. The minimum Gasteiger partial charge on any atom is -0.354 e. The van der Waals surface area contributed by atoms with Crippen molar-refractivity contribution < 1.29 is 0 Å². The number of nitrogens with one attached hydrogen (secondary N) is 1. The van der Waals surface area contributed by atoms with Gasteiger partial charge in [-0.25, -0.2) is 4.98 Å². The molecule has 0 unspecified atom stereocenters. The van der Waals surface area contributed by atoms with Crippen LogP contribution in [-0.2, 0) is 0 Å². The highest BCUT2D eigenvalue weighted by Crippen LogP contribution is 2.18. The van der Waals surface area contributed by atoms with E-state index in [0.29, 0.717) is 17.8 Å². The van der Waals surface area contributed by atoms with E-state index in [1.807, 2.05) is 13.1 Å². The predicted octanol–water partition coefficient (Wildman–Crippen LogP) is 2.63. The number of nitrogens with zero attached hydrogens (tertiary/aromatic N) is 5. The Morgan fingerprint density at radius 1 is 1.30 bits per heavy atom. The third-order valence-electron chi connectivity index (χ3n) is 2.60. The Labute approximate surface area is 123 Å². The molecule has 0 aliphatic carbocycles. The highest BCUT2D eigenvalue weighted by molar-refractivity contribution is 7.99. The zero-order chi connectivity index (χ0) is 14.4. The molecule has 20 heavy (non-hydrogen) atoms. The van der Waals surface area contributed by atoms with Crippen LogP contribution in [-0.4, -0.2) is 36.8 Å². The molecule has 0 saturated carbocycles. The highest BCUT2D eigenvalue weighted by atomic mass is 32.2. The summed E-state index contributed by atoms with van der Waals surface area (Å²) in [5, 5.41) is 3.89. The molecule has 2 aromatic heterocycles. The van der Waals surface area contributed by atoms with Crippen LogP contribution in [0.3, 0.4) is 0 Å². The molecule has 1 N–H and O–H groups in total. The highest BCUT2D eigenvalue weighted by Gasteiger charge is 2.08. The van der Waals surface area contributed by atoms with Crippen molar-refractivity contribution in [3.8, 4) is 5.95 Å². The second kappa shape index (κ2) is 7.23. The third kappa shape index (κ3) is 4.19. The molecule has 7 heteroatoms. The van der Waals surface area contributed by atoms with Crippen molar-refractivity contribution in [1.82, 2.24) is 24.5 Å². The average Bonchev–Trinajstić information content (AvgIpc) is 2.92. The summed E-state index contributed by atoms with van der Waals surface area (Å²) in [6, 6.07) is 0. The molecular weight excluding hydrogens is 272 g/mol. The van der Waals surface area contributed by atoms with E-state index < -0.39 is 0 Å². The van der Waals surface area contributed by atoms with Crippen LogP contribution in [0.5, 0.6) is 0 Å². The Morgan fingerprint density at radius 2 is 2.15 bits per heavy atom. The summed E-state index contributed by atoms with van der Waals surface area (Å²) < 4.78 is 1.79. The molecule has 0 radical (unpaired) electrons. The molecule has 0 bridgehead atoms. The lowest BCUT2D eigenvalue weighted by Gasteiger charge is -2.08. The quantitative estimate of drug-likeness (QED) is 0.791. The fourth-order valence-corrected chi connectivity index (χ4v) is 2.60. The van der Waals surface area contributed by atoms with Gasteiger partial charge in [0, 0.05) is 24.7 Å². The van der Waals surface area contributed by atoms with Crippen molar-refractivity contribution in [3.63, 3.8) is 0 Å². The Bertz CT molecular complexity index is 526. The van der Waals surface area contributed by atoms with Crippen molar-refractivity contribution in [1.29, 1.82) is 0 Å². The van der Waals surface area contributed by atoms with Crippen LogP contribution in [0.15, 0.2) is 23.9 Å². The van der Waals surface area contributed by atoms with Gasteiger partial charge in [-0.15, -0.1) is 0 Å². The molecule has 2 heterocycles. The molecule has 0 aliphatic heterocycles. The SMILES string of the molecule is CCNc1nc(SCCC(C)C)nc(-n2ccnc2)n1. The minimum absolute atomic E-state index is 0.598. The van der Waals surface area contributed by atoms with Crippen molar-refractivity contribution in [2.24, 2.45) is 5.92 Å². The predicted molar refractivity (Wildman–Crippen MR) is 81.3 cm³/mol. The Balaban J connectivity index is 2.17. The van der Waals surface area contributed by atoms with Gasteiger partial charge >= 0.3 is 0 Å². The second-order valence-electron chi connectivity index (χ2n) is 4.77. The van der Waals surface area contributed by atoms with Gasteiger partial charge < -0.3 is 5.32 Å². The van der Waals surface area contributed by atoms with Gasteiger partial charge in [-0.2, -0.15) is 15.0 Å². The standard InChI is InChI=1S/C13H20N6S/c1-4-15-11-16-12(19-7-6-14-9-19)18-13(17-11)20-8-5-10(2)3/h6-7,9-10H,4-5,8H2,1-3H3,(H,15,16,17,18). The first-order valence-electron chi connectivity index (χ1n) is 6.80. The van der Waals surface area contributed by atoms with E-state index >= 15 is 0 Å². The van der Waals surface area contributed by atoms with Crippen LogP contribution in [0.2, 0.25) is 0 Å². The maximum absolute atomic E-state index is 4.48. The summed E-state index contributed by atoms with van der Waals surface area (Å²) in [7, 11) is 0. The first-order chi connectivity index (χ1) is 9.69. The molecule has 0 aliphatic rings. The average molecular weight is 292 g/mol. The van der Waals surface area contributed by atoms with Gasteiger partial charge in [-0.3, -0.25) is 4.57 Å². The van der Waals surface area contributed by atoms with E-state index in [1.165, 1.54) is 0 Å². The molecule has 0 fully saturated rings. The normalized spacial score (nSPS) is 11.0. The summed E-state index contributed by atoms with van der Waals surface area (Å²) in [4.78, 5) is 17.3. The van der Waals surface area contributed by atoms with Gasteiger partial charge in [-0.1, -0.05) is 25.6 Å². The smallest absolute Gasteiger partial charge is 0.240 e. The number of imidazole rings is 1. The molecule has 2 rings (SSSR count). The summed E-state index contributed by atoms with van der Waals surface area (Å²) >= 11 is 1.66. The summed E-state index contributed by atoms with van der Waals surface area (Å²) in [6.45, 7) is 7.24. The van der Waals surface area contributed by atoms with Gasteiger partial charge in [-0.05, 0) is 19.3 Å². The van der Waals surface area contributed by atoms with Crippen molar-refractivity contribution >= 4 is 17.7 Å². The molecule has 0 aromatic carbocycles. The van der Waals surface area contributed by atoms with Crippen LogP contribution in [0.1, 0.15) is 27.2 Å². The van der Waals surface area contributed by atoms with Crippen LogP contribution in [0.25, 0.3) is 5.95 Å². The van der Waals surface area contributed by atoms with E-state index in [9.17, 15) is 0 Å². The molecule has 6 nitrogen and oxygen atoms in total. The molecule has 0 amide bonds. The molecule has 0 atom stereocenters. The lowest BCUT2D eigenvalue weighted by Crippen LogP contribution is -2.09. The van der Waals surface area contributed by atoms with E-state index in [1.54, 1.807) is 28.9 Å². The summed E-state index contributed by atoms with van der Waals surface area (Å²) in [5.41, 5.74) is 0. The zero-order valence-corrected chi connectivity index (χ0v) is 12.9. The summed E-state index contributed by atoms with van der Waals surface area (Å²) in [5.74, 6) is 2.90. The number of rotatable bonds is 7. The van der Waals surface area contributed by atoms with Crippen LogP contribution < -0.4 is 5.32 Å². The maximum Gasteiger partial charge on any atom is 0.240 e. The van der Waals surface area contributed by atoms with Gasteiger partial charge in [0.15, 0.2) is 5.16 Å². The van der Waals surface area contributed by atoms with Gasteiger partial charge in [0.05, 0.1) is 0 Å². The van der Waals surface area contributed by atoms with E-state index in [-0.39, 0.29) is 0 Å². The maximum atomic E-state index is 4.48. The number of aromatic nitrogens is 5. The fraction of sp³-hybridized carbons (Fsp3) is 0.538. The minimum atomic E-state index is 0.598. The van der Waals surface area contributed by atoms with Crippen LogP contribution in [0.4, 0.5) is 5.95 Å². The monoisotopic (exact) mass is 292 g/mol. The van der Waals surface area contributed by atoms with Crippen molar-refractivity contribution in [2.45, 2.75) is 32.3 Å². The molecule has 2 aromatic rings. The molecule has 0 spiro atoms. The van der Waals surface area contributed by atoms with E-state index in [2.05, 4.69) is 39.1 Å². The zero-order valence-electron chi connectivity index (χ0n) is 12.1. The van der Waals surface area contributed by atoms with Gasteiger partial charge in [0.2, 0.25) is 11.9 Å². The topological polar surface area (TPSA) is 68.5 Å². The van der Waals surface area contributed by atoms with Crippen molar-refractivity contribution in [2.75, 3.05) is 17.6 Å². The number of hydrogen-bond donors (Lipinski definition) is 1. The molecule has 0 saturated heterocycles. The number of anilines is 1. The van der Waals surface area contributed by atoms with Crippen LogP contribution >= 0.6 is 11.8 Å². The lowest BCUT2D eigenvalue weighted by atomic mass is 10.2. The van der Waals surface area contributed by atoms with E-state index in [4.69, 9.17) is 0 Å². The number of thioether (sulfide) groups is 1. The molecule has 108 valence electrons. The van der Waals surface area contributed by atoms with E-state index in [0.717, 1.165) is 23.9 Å².